The van der Waals surface area contributed by atoms with Crippen molar-refractivity contribution in [3.63, 3.8) is 0 Å². The van der Waals surface area contributed by atoms with Crippen LogP contribution < -0.4 is 26.2 Å². The molecule has 0 radical (unpaired) electrons. The highest BCUT2D eigenvalue weighted by molar-refractivity contribution is 5.75. The number of benzene rings is 1. The Balaban J connectivity index is 1.31. The number of hydrogen-bond donors (Lipinski definition) is 2. The molecule has 3 aliphatic heterocycles. The third-order valence-corrected chi connectivity index (χ3v) is 7.46. The van der Waals surface area contributed by atoms with Gasteiger partial charge in [0.2, 0.25) is 23.9 Å². The minimum atomic E-state index is -0.779. The minimum Gasteiger partial charge on any atom is -0.502 e. The summed E-state index contributed by atoms with van der Waals surface area (Å²) in [7, 11) is 0. The maximum absolute atomic E-state index is 12.8. The fourth-order valence-electron chi connectivity index (χ4n) is 5.91. The van der Waals surface area contributed by atoms with Gasteiger partial charge in [0.1, 0.15) is 5.76 Å². The largest absolute Gasteiger partial charge is 0.502 e. The van der Waals surface area contributed by atoms with Crippen LogP contribution in [0, 0.1) is 5.92 Å². The number of amides is 1. The van der Waals surface area contributed by atoms with Gasteiger partial charge < -0.3 is 29.3 Å². The summed E-state index contributed by atoms with van der Waals surface area (Å²) in [5, 5.41) is 10.7. The highest BCUT2D eigenvalue weighted by Crippen LogP contribution is 2.40. The molecule has 37 heavy (non-hydrogen) atoms. The van der Waals surface area contributed by atoms with Gasteiger partial charge in [0.25, 0.3) is 5.56 Å². The van der Waals surface area contributed by atoms with Gasteiger partial charge in [-0.3, -0.25) is 19.3 Å². The van der Waals surface area contributed by atoms with Gasteiger partial charge >= 0.3 is 0 Å². The Bertz CT molecular complexity index is 1490. The molecule has 1 unspecified atom stereocenters. The van der Waals surface area contributed by atoms with E-state index in [0.717, 1.165) is 18.7 Å². The van der Waals surface area contributed by atoms with E-state index in [1.807, 2.05) is 10.6 Å². The fourth-order valence-corrected chi connectivity index (χ4v) is 5.91. The van der Waals surface area contributed by atoms with Crippen molar-refractivity contribution in [3.8, 4) is 17.2 Å². The van der Waals surface area contributed by atoms with Crippen LogP contribution in [-0.2, 0) is 17.9 Å². The number of carbonyl (C=O) groups excluding carboxylic acids is 1. The summed E-state index contributed by atoms with van der Waals surface area (Å²) < 4.78 is 18.8. The smallest absolute Gasteiger partial charge is 0.250 e. The quantitative estimate of drug-likeness (QED) is 0.518. The van der Waals surface area contributed by atoms with E-state index in [-0.39, 0.29) is 30.5 Å². The average molecular weight is 506 g/mol. The number of likely N-dealkylation sites (tertiary alicyclic amines) is 1. The van der Waals surface area contributed by atoms with Crippen LogP contribution in [0.5, 0.6) is 17.2 Å². The Labute approximate surface area is 211 Å². The molecular formula is C27H27N3O7. The van der Waals surface area contributed by atoms with Gasteiger partial charge in [-0.1, -0.05) is 12.1 Å². The molecule has 2 bridgehead atoms. The number of aromatic nitrogens is 1. The predicted molar refractivity (Wildman–Crippen MR) is 132 cm³/mol. The van der Waals surface area contributed by atoms with E-state index in [4.69, 9.17) is 19.6 Å². The number of hydrogen-bond acceptors (Lipinski definition) is 8. The third kappa shape index (κ3) is 4.37. The first-order valence-corrected chi connectivity index (χ1v) is 12.3. The Morgan fingerprint density at radius 2 is 1.92 bits per heavy atom. The Morgan fingerprint density at radius 3 is 2.76 bits per heavy atom. The first kappa shape index (κ1) is 23.4. The molecule has 3 aliphatic rings. The second-order valence-electron chi connectivity index (χ2n) is 10.0. The lowest BCUT2D eigenvalue weighted by Gasteiger charge is -2.42. The van der Waals surface area contributed by atoms with Gasteiger partial charge in [0, 0.05) is 49.8 Å². The summed E-state index contributed by atoms with van der Waals surface area (Å²) in [6.07, 6.45) is 0.842. The van der Waals surface area contributed by atoms with E-state index in [1.54, 1.807) is 30.3 Å². The zero-order chi connectivity index (χ0) is 25.7. The van der Waals surface area contributed by atoms with Crippen molar-refractivity contribution in [3.05, 3.63) is 85.8 Å². The summed E-state index contributed by atoms with van der Waals surface area (Å²) in [6, 6.07) is 11.8. The van der Waals surface area contributed by atoms with Crippen molar-refractivity contribution in [2.45, 2.75) is 37.8 Å². The lowest BCUT2D eigenvalue weighted by molar-refractivity contribution is -0.118. The van der Waals surface area contributed by atoms with E-state index < -0.39 is 23.0 Å². The van der Waals surface area contributed by atoms with Crippen LogP contribution in [0.25, 0.3) is 0 Å². The molecule has 2 aromatic heterocycles. The molecule has 10 heteroatoms. The number of primary amides is 1. The van der Waals surface area contributed by atoms with Crippen molar-refractivity contribution in [2.24, 2.45) is 11.7 Å². The number of pyridine rings is 1. The molecule has 1 aromatic carbocycles. The topological polar surface area (TPSA) is 137 Å². The van der Waals surface area contributed by atoms with Crippen LogP contribution in [-0.4, -0.2) is 40.4 Å². The molecule has 3 atom stereocenters. The molecule has 192 valence electrons. The maximum atomic E-state index is 12.8. The summed E-state index contributed by atoms with van der Waals surface area (Å²) >= 11 is 0. The number of nitrogens with two attached hydrogens (primary N) is 1. The maximum Gasteiger partial charge on any atom is 0.250 e. The van der Waals surface area contributed by atoms with E-state index >= 15 is 0 Å². The Kier molecular flexibility index (Phi) is 5.75. The number of piperidine rings is 1. The number of ether oxygens (including phenoxy) is 2. The van der Waals surface area contributed by atoms with Gasteiger partial charge in [-0.2, -0.15) is 0 Å². The molecule has 10 nitrogen and oxygen atoms in total. The van der Waals surface area contributed by atoms with Crippen LogP contribution in [0.1, 0.15) is 47.5 Å². The molecular weight excluding hydrogens is 478 g/mol. The SMILES string of the molecule is NC(=O)CC(c1ccc2c(c1)OCO2)c1oc(CN2C[C@H]3C[C@@H](C2)c2cccc(=O)n2C3)cc(=O)c1O. The fraction of sp³-hybridized carbons (Fsp3) is 0.370. The molecule has 5 heterocycles. The van der Waals surface area contributed by atoms with E-state index in [2.05, 4.69) is 4.90 Å². The van der Waals surface area contributed by atoms with Gasteiger partial charge in [-0.15, -0.1) is 0 Å². The summed E-state index contributed by atoms with van der Waals surface area (Å²) in [6.45, 7) is 2.58. The number of fused-ring (bicyclic) bond motifs is 5. The van der Waals surface area contributed by atoms with Gasteiger partial charge in [-0.05, 0) is 36.1 Å². The van der Waals surface area contributed by atoms with E-state index in [1.165, 1.54) is 6.07 Å². The molecule has 1 saturated heterocycles. The Morgan fingerprint density at radius 1 is 1.08 bits per heavy atom. The number of rotatable bonds is 6. The van der Waals surface area contributed by atoms with Crippen molar-refractivity contribution in [2.75, 3.05) is 19.9 Å². The lowest BCUT2D eigenvalue weighted by Crippen LogP contribution is -2.46. The molecule has 1 fully saturated rings. The van der Waals surface area contributed by atoms with Crippen LogP contribution >= 0.6 is 0 Å². The normalized spacial score (nSPS) is 20.9. The van der Waals surface area contributed by atoms with Crippen molar-refractivity contribution in [1.29, 1.82) is 0 Å². The third-order valence-electron chi connectivity index (χ3n) is 7.46. The van der Waals surface area contributed by atoms with Crippen molar-refractivity contribution < 1.29 is 23.8 Å². The van der Waals surface area contributed by atoms with Gasteiger partial charge in [0.15, 0.2) is 17.3 Å². The van der Waals surface area contributed by atoms with Gasteiger partial charge in [0.05, 0.1) is 12.5 Å². The number of carbonyl (C=O) groups is 1. The predicted octanol–water partition coefficient (Wildman–Crippen LogP) is 1.86. The molecule has 3 aromatic rings. The zero-order valence-electron chi connectivity index (χ0n) is 20.1. The van der Waals surface area contributed by atoms with Gasteiger partial charge in [-0.25, -0.2) is 0 Å². The number of nitrogens with zero attached hydrogens (tertiary/aromatic N) is 2. The highest BCUT2D eigenvalue weighted by Gasteiger charge is 2.35. The first-order chi connectivity index (χ1) is 17.9. The lowest BCUT2D eigenvalue weighted by atomic mass is 9.83. The molecule has 3 N–H and O–H groups in total. The van der Waals surface area contributed by atoms with Crippen molar-refractivity contribution >= 4 is 5.91 Å². The first-order valence-electron chi connectivity index (χ1n) is 12.3. The highest BCUT2D eigenvalue weighted by atomic mass is 16.7. The molecule has 0 aliphatic carbocycles. The summed E-state index contributed by atoms with van der Waals surface area (Å²) in [5.74, 6) is 0.0488. The molecule has 0 saturated carbocycles. The van der Waals surface area contributed by atoms with Crippen LogP contribution in [0.4, 0.5) is 0 Å². The molecule has 6 rings (SSSR count). The zero-order valence-corrected chi connectivity index (χ0v) is 20.1. The van der Waals surface area contributed by atoms with Crippen LogP contribution in [0.3, 0.4) is 0 Å². The second-order valence-corrected chi connectivity index (χ2v) is 10.0. The van der Waals surface area contributed by atoms with Crippen molar-refractivity contribution in [1.82, 2.24) is 9.47 Å². The van der Waals surface area contributed by atoms with E-state index in [9.17, 15) is 19.5 Å². The second kappa shape index (κ2) is 9.11. The summed E-state index contributed by atoms with van der Waals surface area (Å²) in [4.78, 5) is 39.3. The molecule has 1 amide bonds. The van der Waals surface area contributed by atoms with E-state index in [0.29, 0.717) is 48.4 Å². The monoisotopic (exact) mass is 505 g/mol. The van der Waals surface area contributed by atoms with Crippen LogP contribution in [0.15, 0.2) is 56.5 Å². The average Bonchev–Trinajstić information content (AvgIpc) is 3.33. The Hall–Kier alpha value is -4.05. The van der Waals surface area contributed by atoms with Crippen LogP contribution in [0.2, 0.25) is 0 Å². The summed E-state index contributed by atoms with van der Waals surface area (Å²) in [5.41, 5.74) is 6.61. The minimum absolute atomic E-state index is 0.00531. The number of aromatic hydroxyl groups is 1. The molecule has 0 spiro atoms. The standard InChI is InChI=1S/C27H27N3O7/c28-24(32)9-19(16-4-5-22-23(7-16)36-14-35-22)27-26(34)21(31)8-18(37-27)13-29-10-15-6-17(12-29)20-2-1-3-25(33)30(20)11-15/h1-5,7-8,15,17,19,34H,6,9-14H2,(H2,28,32)/t15-,17+,19?/m1/s1.